The summed E-state index contributed by atoms with van der Waals surface area (Å²) in [6, 6.07) is 6.02. The zero-order chi connectivity index (χ0) is 11.4. The summed E-state index contributed by atoms with van der Waals surface area (Å²) in [5.41, 5.74) is 2.17. The molecule has 0 amide bonds. The second-order valence-electron chi connectivity index (χ2n) is 3.57. The van der Waals surface area contributed by atoms with E-state index in [9.17, 15) is 0 Å². The molecule has 16 heavy (non-hydrogen) atoms. The fourth-order valence-electron chi connectivity index (χ4n) is 1.39. The van der Waals surface area contributed by atoms with Crippen molar-refractivity contribution in [1.82, 2.24) is 4.98 Å². The number of aromatic nitrogens is 1. The highest BCUT2D eigenvalue weighted by molar-refractivity contribution is 7.09. The predicted molar refractivity (Wildman–Crippen MR) is 70.5 cm³/mol. The molecule has 0 spiro atoms. The third-order valence-electron chi connectivity index (χ3n) is 2.32. The van der Waals surface area contributed by atoms with E-state index in [1.54, 1.807) is 11.3 Å². The SMILES string of the molecule is Cc1ccc(NCCc2nccs2)cc1Cl. The van der Waals surface area contributed by atoms with E-state index in [1.807, 2.05) is 36.7 Å². The molecular weight excluding hydrogens is 240 g/mol. The maximum Gasteiger partial charge on any atom is 0.0942 e. The molecule has 0 fully saturated rings. The number of nitrogens with one attached hydrogen (secondary N) is 1. The van der Waals surface area contributed by atoms with Gasteiger partial charge in [0.1, 0.15) is 0 Å². The molecule has 2 aromatic rings. The minimum atomic E-state index is 0.805. The molecule has 84 valence electrons. The topological polar surface area (TPSA) is 24.9 Å². The Morgan fingerprint density at radius 2 is 2.31 bits per heavy atom. The van der Waals surface area contributed by atoms with Crippen molar-refractivity contribution in [1.29, 1.82) is 0 Å². The Kier molecular flexibility index (Phi) is 3.80. The van der Waals surface area contributed by atoms with Gasteiger partial charge in [0.05, 0.1) is 5.01 Å². The quantitative estimate of drug-likeness (QED) is 0.896. The van der Waals surface area contributed by atoms with E-state index in [4.69, 9.17) is 11.6 Å². The Hall–Kier alpha value is -1.06. The fraction of sp³-hybridized carbons (Fsp3) is 0.250. The molecule has 1 N–H and O–H groups in total. The molecule has 2 nitrogen and oxygen atoms in total. The molecule has 0 aliphatic heterocycles. The predicted octanol–water partition coefficient (Wildman–Crippen LogP) is 3.76. The van der Waals surface area contributed by atoms with Crippen molar-refractivity contribution in [2.75, 3.05) is 11.9 Å². The first-order valence-corrected chi connectivity index (χ1v) is 6.40. The summed E-state index contributed by atoms with van der Waals surface area (Å²) in [5.74, 6) is 0. The van der Waals surface area contributed by atoms with Crippen LogP contribution in [0.3, 0.4) is 0 Å². The number of benzene rings is 1. The van der Waals surface area contributed by atoms with E-state index in [-0.39, 0.29) is 0 Å². The molecule has 0 bridgehead atoms. The maximum absolute atomic E-state index is 6.04. The second-order valence-corrected chi connectivity index (χ2v) is 4.95. The van der Waals surface area contributed by atoms with Gasteiger partial charge in [0.15, 0.2) is 0 Å². The molecule has 0 aliphatic carbocycles. The molecule has 0 unspecified atom stereocenters. The van der Waals surface area contributed by atoms with Crippen molar-refractivity contribution in [2.24, 2.45) is 0 Å². The Labute approximate surface area is 104 Å². The summed E-state index contributed by atoms with van der Waals surface area (Å²) in [6.07, 6.45) is 2.78. The van der Waals surface area contributed by atoms with E-state index in [0.717, 1.165) is 34.2 Å². The average molecular weight is 253 g/mol. The lowest BCUT2D eigenvalue weighted by Gasteiger charge is -2.06. The standard InChI is InChI=1S/C12H13ClN2S/c1-9-2-3-10(8-11(9)13)14-5-4-12-15-6-7-16-12/h2-3,6-8,14H,4-5H2,1H3. The molecule has 0 saturated heterocycles. The van der Waals surface area contributed by atoms with Gasteiger partial charge in [-0.2, -0.15) is 0 Å². The van der Waals surface area contributed by atoms with Crippen molar-refractivity contribution >= 4 is 28.6 Å². The lowest BCUT2D eigenvalue weighted by atomic mass is 10.2. The molecule has 0 radical (unpaired) electrons. The lowest BCUT2D eigenvalue weighted by molar-refractivity contribution is 0.998. The Bertz CT molecular complexity index is 454. The zero-order valence-electron chi connectivity index (χ0n) is 9.03. The van der Waals surface area contributed by atoms with Crippen LogP contribution in [0.5, 0.6) is 0 Å². The van der Waals surface area contributed by atoms with Crippen molar-refractivity contribution < 1.29 is 0 Å². The highest BCUT2D eigenvalue weighted by Gasteiger charge is 1.98. The van der Waals surface area contributed by atoms with Crippen LogP contribution in [0.15, 0.2) is 29.8 Å². The van der Waals surface area contributed by atoms with Gasteiger partial charge < -0.3 is 5.32 Å². The van der Waals surface area contributed by atoms with Crippen LogP contribution >= 0.6 is 22.9 Å². The molecule has 0 atom stereocenters. The van der Waals surface area contributed by atoms with Crippen LogP contribution in [0, 0.1) is 6.92 Å². The average Bonchev–Trinajstić information content (AvgIpc) is 2.76. The number of aryl methyl sites for hydroxylation is 1. The molecule has 2 rings (SSSR count). The van der Waals surface area contributed by atoms with Crippen LogP contribution in [-0.4, -0.2) is 11.5 Å². The molecule has 0 saturated carbocycles. The number of rotatable bonds is 4. The number of nitrogens with zero attached hydrogens (tertiary/aromatic N) is 1. The van der Waals surface area contributed by atoms with Gasteiger partial charge in [0.2, 0.25) is 0 Å². The lowest BCUT2D eigenvalue weighted by Crippen LogP contribution is -2.04. The summed E-state index contributed by atoms with van der Waals surface area (Å²) in [7, 11) is 0. The first kappa shape index (κ1) is 11.4. The number of hydrogen-bond acceptors (Lipinski definition) is 3. The van der Waals surface area contributed by atoms with Gasteiger partial charge in [0.25, 0.3) is 0 Å². The van der Waals surface area contributed by atoms with Crippen molar-refractivity contribution in [3.8, 4) is 0 Å². The Balaban J connectivity index is 1.87. The van der Waals surface area contributed by atoms with Crippen molar-refractivity contribution in [2.45, 2.75) is 13.3 Å². The Morgan fingerprint density at radius 1 is 1.44 bits per heavy atom. The summed E-state index contributed by atoms with van der Waals surface area (Å²) in [4.78, 5) is 4.23. The molecular formula is C12H13ClN2S. The van der Waals surface area contributed by atoms with Crippen LogP contribution in [0.25, 0.3) is 0 Å². The third-order valence-corrected chi connectivity index (χ3v) is 3.57. The maximum atomic E-state index is 6.04. The Morgan fingerprint density at radius 3 is 3.00 bits per heavy atom. The summed E-state index contributed by atoms with van der Waals surface area (Å²) in [5, 5.41) is 7.29. The molecule has 0 aliphatic rings. The number of thiazole rings is 1. The van der Waals surface area contributed by atoms with E-state index in [2.05, 4.69) is 10.3 Å². The van der Waals surface area contributed by atoms with E-state index < -0.39 is 0 Å². The number of hydrogen-bond donors (Lipinski definition) is 1. The number of halogens is 1. The molecule has 4 heteroatoms. The van der Waals surface area contributed by atoms with Gasteiger partial charge >= 0.3 is 0 Å². The van der Waals surface area contributed by atoms with Crippen LogP contribution in [-0.2, 0) is 6.42 Å². The van der Waals surface area contributed by atoms with Gasteiger partial charge in [-0.15, -0.1) is 11.3 Å². The van der Waals surface area contributed by atoms with Gasteiger partial charge in [-0.05, 0) is 24.6 Å². The summed E-state index contributed by atoms with van der Waals surface area (Å²) in [6.45, 7) is 2.88. The van der Waals surface area contributed by atoms with Crippen LogP contribution in [0.1, 0.15) is 10.6 Å². The molecule has 1 aromatic heterocycles. The van der Waals surface area contributed by atoms with Crippen LogP contribution in [0.4, 0.5) is 5.69 Å². The van der Waals surface area contributed by atoms with Crippen LogP contribution < -0.4 is 5.32 Å². The van der Waals surface area contributed by atoms with Crippen LogP contribution in [0.2, 0.25) is 5.02 Å². The summed E-state index contributed by atoms with van der Waals surface area (Å²) < 4.78 is 0. The monoisotopic (exact) mass is 252 g/mol. The highest BCUT2D eigenvalue weighted by atomic mass is 35.5. The van der Waals surface area contributed by atoms with Gasteiger partial charge in [-0.25, -0.2) is 4.98 Å². The molecule has 1 aromatic carbocycles. The third kappa shape index (κ3) is 2.97. The minimum absolute atomic E-state index is 0.805. The fourth-order valence-corrected chi connectivity index (χ4v) is 2.19. The molecule has 1 heterocycles. The first-order valence-electron chi connectivity index (χ1n) is 5.14. The number of anilines is 1. The van der Waals surface area contributed by atoms with Crippen molar-refractivity contribution in [3.05, 3.63) is 45.4 Å². The first-order chi connectivity index (χ1) is 7.75. The largest absolute Gasteiger partial charge is 0.385 e. The minimum Gasteiger partial charge on any atom is -0.385 e. The van der Waals surface area contributed by atoms with Gasteiger partial charge in [-0.3, -0.25) is 0 Å². The highest BCUT2D eigenvalue weighted by Crippen LogP contribution is 2.19. The van der Waals surface area contributed by atoms with E-state index in [1.165, 1.54) is 0 Å². The summed E-state index contributed by atoms with van der Waals surface area (Å²) >= 11 is 7.73. The van der Waals surface area contributed by atoms with Crippen molar-refractivity contribution in [3.63, 3.8) is 0 Å². The van der Waals surface area contributed by atoms with Gasteiger partial charge in [-0.1, -0.05) is 17.7 Å². The van der Waals surface area contributed by atoms with E-state index in [0.29, 0.717) is 0 Å². The van der Waals surface area contributed by atoms with E-state index >= 15 is 0 Å². The normalized spacial score (nSPS) is 10.4. The van der Waals surface area contributed by atoms with Gasteiger partial charge in [0, 0.05) is 35.3 Å². The zero-order valence-corrected chi connectivity index (χ0v) is 10.6. The smallest absolute Gasteiger partial charge is 0.0942 e. The second kappa shape index (κ2) is 5.32.